The Kier molecular flexibility index (Phi) is 4.14. The van der Waals surface area contributed by atoms with E-state index in [1.165, 1.54) is 11.3 Å². The van der Waals surface area contributed by atoms with Gasteiger partial charge in [-0.25, -0.2) is 14.8 Å². The molecule has 0 saturated heterocycles. The van der Waals surface area contributed by atoms with E-state index in [2.05, 4.69) is 15.3 Å². The monoisotopic (exact) mass is 350 g/mol. The molecule has 1 unspecified atom stereocenters. The number of aromatic nitrogens is 3. The summed E-state index contributed by atoms with van der Waals surface area (Å²) in [7, 11) is 0. The number of nitrogens with one attached hydrogen (secondary N) is 1. The van der Waals surface area contributed by atoms with E-state index >= 15 is 0 Å². The fourth-order valence-electron chi connectivity index (χ4n) is 2.22. The Morgan fingerprint density at radius 1 is 1.48 bits per heavy atom. The molecule has 120 valence electrons. The van der Waals surface area contributed by atoms with Gasteiger partial charge >= 0.3 is 5.97 Å². The first-order valence-corrected chi connectivity index (χ1v) is 8.54. The lowest BCUT2D eigenvalue weighted by molar-refractivity contribution is -0.121. The Hall–Kier alpha value is -2.26. The SMILES string of the molecule is Cc1nc(C(C)NC(=O)Cc2csc3nccn23)sc1C(=O)O. The van der Waals surface area contributed by atoms with E-state index < -0.39 is 5.97 Å². The third-order valence-corrected chi connectivity index (χ3v) is 5.54. The van der Waals surface area contributed by atoms with Crippen LogP contribution < -0.4 is 5.32 Å². The maximum Gasteiger partial charge on any atom is 0.347 e. The highest BCUT2D eigenvalue weighted by Crippen LogP contribution is 2.23. The Morgan fingerprint density at radius 3 is 2.96 bits per heavy atom. The summed E-state index contributed by atoms with van der Waals surface area (Å²) < 4.78 is 1.88. The van der Waals surface area contributed by atoms with Gasteiger partial charge in [0.1, 0.15) is 9.88 Å². The molecule has 0 aliphatic carbocycles. The molecule has 7 nitrogen and oxygen atoms in total. The van der Waals surface area contributed by atoms with Gasteiger partial charge in [0.05, 0.1) is 18.2 Å². The van der Waals surface area contributed by atoms with Crippen LogP contribution in [0.4, 0.5) is 0 Å². The van der Waals surface area contributed by atoms with Gasteiger partial charge in [0, 0.05) is 23.5 Å². The summed E-state index contributed by atoms with van der Waals surface area (Å²) >= 11 is 2.57. The first-order chi connectivity index (χ1) is 11.0. The molecular weight excluding hydrogens is 336 g/mol. The van der Waals surface area contributed by atoms with Gasteiger partial charge in [-0.05, 0) is 13.8 Å². The molecule has 3 aromatic heterocycles. The third kappa shape index (κ3) is 3.10. The molecule has 0 radical (unpaired) electrons. The molecule has 0 spiro atoms. The van der Waals surface area contributed by atoms with Gasteiger partial charge in [-0.2, -0.15) is 0 Å². The first-order valence-electron chi connectivity index (χ1n) is 6.85. The molecule has 23 heavy (non-hydrogen) atoms. The number of thiazole rings is 2. The normalized spacial score (nSPS) is 12.4. The number of aryl methyl sites for hydroxylation is 1. The summed E-state index contributed by atoms with van der Waals surface area (Å²) in [5.41, 5.74) is 1.34. The molecule has 1 amide bonds. The van der Waals surface area contributed by atoms with Crippen LogP contribution in [0.5, 0.6) is 0 Å². The summed E-state index contributed by atoms with van der Waals surface area (Å²) in [6.45, 7) is 3.45. The Balaban J connectivity index is 1.69. The largest absolute Gasteiger partial charge is 0.477 e. The smallest absolute Gasteiger partial charge is 0.347 e. The summed E-state index contributed by atoms with van der Waals surface area (Å²) in [5, 5.41) is 14.4. The Labute approximate surface area is 139 Å². The number of carbonyl (C=O) groups is 2. The van der Waals surface area contributed by atoms with Gasteiger partial charge in [-0.1, -0.05) is 0 Å². The second-order valence-electron chi connectivity index (χ2n) is 5.04. The second kappa shape index (κ2) is 6.09. The number of amides is 1. The van der Waals surface area contributed by atoms with Crippen LogP contribution in [0.1, 0.15) is 39.0 Å². The number of nitrogens with zero attached hydrogens (tertiary/aromatic N) is 3. The lowest BCUT2D eigenvalue weighted by atomic mass is 10.3. The van der Waals surface area contributed by atoms with Crippen molar-refractivity contribution >= 4 is 39.5 Å². The molecule has 9 heteroatoms. The predicted molar refractivity (Wildman–Crippen MR) is 87.1 cm³/mol. The topological polar surface area (TPSA) is 96.6 Å². The number of fused-ring (bicyclic) bond motifs is 1. The van der Waals surface area contributed by atoms with E-state index in [1.54, 1.807) is 20.0 Å². The molecule has 0 aromatic carbocycles. The zero-order valence-corrected chi connectivity index (χ0v) is 14.1. The zero-order valence-electron chi connectivity index (χ0n) is 12.4. The summed E-state index contributed by atoms with van der Waals surface area (Å²) in [6, 6.07) is -0.337. The molecule has 3 rings (SSSR count). The number of rotatable bonds is 5. The summed E-state index contributed by atoms with van der Waals surface area (Å²) in [5.74, 6) is -1.14. The molecule has 0 fully saturated rings. The van der Waals surface area contributed by atoms with E-state index in [0.717, 1.165) is 22.0 Å². The van der Waals surface area contributed by atoms with Crippen LogP contribution in [0, 0.1) is 6.92 Å². The van der Waals surface area contributed by atoms with Gasteiger partial charge in [0.2, 0.25) is 5.91 Å². The molecule has 0 aliphatic rings. The average Bonchev–Trinajstić information content (AvgIpc) is 3.15. The van der Waals surface area contributed by atoms with E-state index in [-0.39, 0.29) is 23.2 Å². The van der Waals surface area contributed by atoms with Crippen LogP contribution in [0.2, 0.25) is 0 Å². The van der Waals surface area contributed by atoms with Crippen molar-refractivity contribution in [2.24, 2.45) is 0 Å². The Bertz CT molecular complexity index is 880. The zero-order chi connectivity index (χ0) is 16.6. The highest BCUT2D eigenvalue weighted by atomic mass is 32.1. The van der Waals surface area contributed by atoms with Crippen LogP contribution in [0.25, 0.3) is 4.96 Å². The van der Waals surface area contributed by atoms with Crippen molar-refractivity contribution in [2.75, 3.05) is 0 Å². The fourth-order valence-corrected chi connectivity index (χ4v) is 3.98. The van der Waals surface area contributed by atoms with Crippen molar-refractivity contribution in [3.63, 3.8) is 0 Å². The van der Waals surface area contributed by atoms with E-state index in [0.29, 0.717) is 10.7 Å². The van der Waals surface area contributed by atoms with Crippen molar-refractivity contribution in [3.05, 3.63) is 39.0 Å². The first kappa shape index (κ1) is 15.6. The van der Waals surface area contributed by atoms with Crippen molar-refractivity contribution in [1.82, 2.24) is 19.7 Å². The average molecular weight is 350 g/mol. The highest BCUT2D eigenvalue weighted by molar-refractivity contribution is 7.15. The van der Waals surface area contributed by atoms with Gasteiger partial charge in [0.15, 0.2) is 4.96 Å². The van der Waals surface area contributed by atoms with Gasteiger partial charge in [-0.3, -0.25) is 9.20 Å². The van der Waals surface area contributed by atoms with E-state index in [1.807, 2.05) is 16.0 Å². The minimum absolute atomic E-state index is 0.143. The quantitative estimate of drug-likeness (QED) is 0.736. The van der Waals surface area contributed by atoms with E-state index in [4.69, 9.17) is 5.11 Å². The number of aromatic carboxylic acids is 1. The number of imidazole rings is 1. The van der Waals surface area contributed by atoms with Crippen molar-refractivity contribution in [3.8, 4) is 0 Å². The molecule has 3 aromatic rings. The lowest BCUT2D eigenvalue weighted by Crippen LogP contribution is -2.28. The van der Waals surface area contributed by atoms with Crippen molar-refractivity contribution in [1.29, 1.82) is 0 Å². The highest BCUT2D eigenvalue weighted by Gasteiger charge is 2.19. The number of hydrogen-bond donors (Lipinski definition) is 2. The Morgan fingerprint density at radius 2 is 2.26 bits per heavy atom. The number of hydrogen-bond acceptors (Lipinski definition) is 6. The molecule has 1 atom stereocenters. The molecule has 3 heterocycles. The van der Waals surface area contributed by atoms with Gasteiger partial charge < -0.3 is 10.4 Å². The molecule has 0 bridgehead atoms. The number of carbonyl (C=O) groups excluding carboxylic acids is 1. The van der Waals surface area contributed by atoms with Crippen LogP contribution in [0.3, 0.4) is 0 Å². The number of carboxylic acids is 1. The minimum atomic E-state index is -0.995. The second-order valence-corrected chi connectivity index (χ2v) is 6.91. The predicted octanol–water partition coefficient (Wildman–Crippen LogP) is 2.28. The number of carboxylic acid groups (broad SMARTS) is 1. The maximum atomic E-state index is 12.2. The van der Waals surface area contributed by atoms with Gasteiger partial charge in [-0.15, -0.1) is 22.7 Å². The van der Waals surface area contributed by atoms with Crippen LogP contribution in [-0.2, 0) is 11.2 Å². The van der Waals surface area contributed by atoms with Crippen molar-refractivity contribution < 1.29 is 14.7 Å². The molecular formula is C14H14N4O3S2. The standard InChI is InChI=1S/C14H14N4O3S2/c1-7-11(13(20)21)23-12(17-7)8(2)16-10(19)5-9-6-22-14-15-3-4-18(9)14/h3-4,6,8H,5H2,1-2H3,(H,16,19)(H,20,21). The van der Waals surface area contributed by atoms with E-state index in [9.17, 15) is 9.59 Å². The maximum absolute atomic E-state index is 12.2. The molecule has 0 aliphatic heterocycles. The fraction of sp³-hybridized carbons (Fsp3) is 0.286. The van der Waals surface area contributed by atoms with Crippen LogP contribution in [-0.4, -0.2) is 31.4 Å². The summed E-state index contributed by atoms with van der Waals surface area (Å²) in [6.07, 6.45) is 3.75. The van der Waals surface area contributed by atoms with Crippen LogP contribution >= 0.6 is 22.7 Å². The molecule has 0 saturated carbocycles. The minimum Gasteiger partial charge on any atom is -0.477 e. The van der Waals surface area contributed by atoms with Crippen molar-refractivity contribution in [2.45, 2.75) is 26.3 Å². The van der Waals surface area contributed by atoms with Gasteiger partial charge in [0.25, 0.3) is 0 Å². The summed E-state index contributed by atoms with van der Waals surface area (Å²) in [4.78, 5) is 32.7. The third-order valence-electron chi connectivity index (χ3n) is 3.31. The van der Waals surface area contributed by atoms with Crippen LogP contribution in [0.15, 0.2) is 17.8 Å². The molecule has 2 N–H and O–H groups in total. The lowest BCUT2D eigenvalue weighted by Gasteiger charge is -2.10.